The van der Waals surface area contributed by atoms with E-state index in [1.807, 2.05) is 13.8 Å². The first-order chi connectivity index (χ1) is 20.6. The number of alkyl halides is 6. The second-order valence-corrected chi connectivity index (χ2v) is 9.23. The molecule has 4 N–H and O–H groups in total. The number of halogens is 6. The normalized spacial score (nSPS) is 11.3. The molecule has 0 unspecified atom stereocenters. The van der Waals surface area contributed by atoms with Gasteiger partial charge in [-0.1, -0.05) is 24.3 Å². The van der Waals surface area contributed by atoms with Crippen molar-refractivity contribution in [2.75, 3.05) is 5.32 Å². The standard InChI is InChI=1S/C22H19F3N2O4.C8H6F3NO/c1-13(2)30-18-5-3-4-6-19(18)31-17-8-7-14(22(23,24)25)11-16(17)21(29)27-15-9-10-26-20(28)12-15;9-8(10,11)6-4-2-1-3-5(6)7(12)13/h3-13H,1-2H3,(H2,26,27,28,29);1-4H,(H2,12,13). The topological polar surface area (TPSA) is 124 Å². The van der Waals surface area contributed by atoms with Gasteiger partial charge in [0.25, 0.3) is 5.91 Å². The van der Waals surface area contributed by atoms with Gasteiger partial charge in [0.1, 0.15) is 5.75 Å². The summed E-state index contributed by atoms with van der Waals surface area (Å²) in [5, 5.41) is 2.41. The number of ether oxygens (including phenoxy) is 2. The smallest absolute Gasteiger partial charge is 0.417 e. The van der Waals surface area contributed by atoms with Gasteiger partial charge in [-0.2, -0.15) is 26.3 Å². The molecular weight excluding hydrogens is 596 g/mol. The highest BCUT2D eigenvalue weighted by molar-refractivity contribution is 6.06. The molecule has 4 aromatic rings. The molecule has 0 spiro atoms. The first-order valence-corrected chi connectivity index (χ1v) is 12.7. The Morgan fingerprint density at radius 2 is 1.43 bits per heavy atom. The van der Waals surface area contributed by atoms with Crippen LogP contribution >= 0.6 is 0 Å². The van der Waals surface area contributed by atoms with Crippen LogP contribution in [0.5, 0.6) is 17.2 Å². The summed E-state index contributed by atoms with van der Waals surface area (Å²) in [6.45, 7) is 3.63. The summed E-state index contributed by atoms with van der Waals surface area (Å²) >= 11 is 0. The van der Waals surface area contributed by atoms with Crippen molar-refractivity contribution in [3.05, 3.63) is 118 Å². The molecule has 4 rings (SSSR count). The third-order valence-corrected chi connectivity index (χ3v) is 5.51. The average molecular weight is 622 g/mol. The summed E-state index contributed by atoms with van der Waals surface area (Å²) in [4.78, 5) is 37.2. The number of benzene rings is 3. The molecule has 14 heteroatoms. The second kappa shape index (κ2) is 13.8. The van der Waals surface area contributed by atoms with E-state index in [1.54, 1.807) is 24.3 Å². The maximum absolute atomic E-state index is 13.2. The Morgan fingerprint density at radius 1 is 0.795 bits per heavy atom. The van der Waals surface area contributed by atoms with E-state index in [0.717, 1.165) is 30.3 Å². The third kappa shape index (κ3) is 9.11. The van der Waals surface area contributed by atoms with Gasteiger partial charge in [0.15, 0.2) is 11.5 Å². The number of nitrogens with two attached hydrogens (primary N) is 1. The molecule has 0 aliphatic rings. The van der Waals surface area contributed by atoms with Crippen molar-refractivity contribution in [2.24, 2.45) is 5.73 Å². The Balaban J connectivity index is 0.000000340. The van der Waals surface area contributed by atoms with Crippen LogP contribution in [0, 0.1) is 0 Å². The van der Waals surface area contributed by atoms with E-state index in [9.17, 15) is 40.7 Å². The number of rotatable bonds is 7. The molecule has 0 saturated carbocycles. The van der Waals surface area contributed by atoms with E-state index in [2.05, 4.69) is 10.3 Å². The fourth-order valence-electron chi connectivity index (χ4n) is 3.64. The number of anilines is 1. The maximum Gasteiger partial charge on any atom is 0.417 e. The van der Waals surface area contributed by atoms with E-state index in [1.165, 1.54) is 24.4 Å². The van der Waals surface area contributed by atoms with Crippen molar-refractivity contribution in [1.29, 1.82) is 0 Å². The Labute approximate surface area is 246 Å². The van der Waals surface area contributed by atoms with Crippen molar-refractivity contribution in [1.82, 2.24) is 4.98 Å². The van der Waals surface area contributed by atoms with Crippen LogP contribution in [0.15, 0.2) is 89.9 Å². The van der Waals surface area contributed by atoms with Crippen LogP contribution in [0.2, 0.25) is 0 Å². The molecule has 3 aromatic carbocycles. The molecule has 0 aliphatic heterocycles. The van der Waals surface area contributed by atoms with E-state index in [4.69, 9.17) is 15.2 Å². The minimum Gasteiger partial charge on any atom is -0.487 e. The molecule has 0 atom stereocenters. The van der Waals surface area contributed by atoms with Crippen LogP contribution in [0.4, 0.5) is 32.0 Å². The zero-order chi connectivity index (χ0) is 32.7. The minimum atomic E-state index is -4.66. The first-order valence-electron chi connectivity index (χ1n) is 12.7. The van der Waals surface area contributed by atoms with Gasteiger partial charge in [0.2, 0.25) is 11.5 Å². The fraction of sp³-hybridized carbons (Fsp3) is 0.167. The van der Waals surface area contributed by atoms with Gasteiger partial charge in [-0.05, 0) is 62.4 Å². The van der Waals surface area contributed by atoms with Gasteiger partial charge < -0.3 is 25.5 Å². The van der Waals surface area contributed by atoms with Crippen molar-refractivity contribution in [3.63, 3.8) is 0 Å². The van der Waals surface area contributed by atoms with E-state index < -0.39 is 46.4 Å². The Bertz CT molecular complexity index is 1680. The molecular formula is C30H25F6N3O5. The summed E-state index contributed by atoms with van der Waals surface area (Å²) in [6, 6.07) is 16.1. The molecule has 1 heterocycles. The Kier molecular flexibility index (Phi) is 10.4. The molecule has 0 saturated heterocycles. The van der Waals surface area contributed by atoms with Crippen LogP contribution < -0.4 is 26.1 Å². The second-order valence-electron chi connectivity index (χ2n) is 9.23. The number of nitrogens with one attached hydrogen (secondary N) is 2. The summed E-state index contributed by atoms with van der Waals surface area (Å²) in [5.74, 6) is -1.43. The van der Waals surface area contributed by atoms with Gasteiger partial charge in [-0.15, -0.1) is 0 Å². The lowest BCUT2D eigenvalue weighted by molar-refractivity contribution is -0.138. The summed E-state index contributed by atoms with van der Waals surface area (Å²) in [7, 11) is 0. The molecule has 0 aliphatic carbocycles. The summed E-state index contributed by atoms with van der Waals surface area (Å²) < 4.78 is 87.8. The van der Waals surface area contributed by atoms with Crippen molar-refractivity contribution < 1.29 is 45.4 Å². The molecule has 0 fully saturated rings. The molecule has 2 amide bonds. The van der Waals surface area contributed by atoms with E-state index >= 15 is 0 Å². The predicted octanol–water partition coefficient (Wildman–Crippen LogP) is 7.03. The van der Waals surface area contributed by atoms with Crippen molar-refractivity contribution >= 4 is 17.5 Å². The predicted molar refractivity (Wildman–Crippen MR) is 149 cm³/mol. The molecule has 0 bridgehead atoms. The van der Waals surface area contributed by atoms with Crippen LogP contribution in [0.25, 0.3) is 0 Å². The lowest BCUT2D eigenvalue weighted by Gasteiger charge is -2.17. The van der Waals surface area contributed by atoms with Crippen molar-refractivity contribution in [3.8, 4) is 17.2 Å². The quantitative estimate of drug-likeness (QED) is 0.191. The van der Waals surface area contributed by atoms with Crippen LogP contribution in [0.1, 0.15) is 45.7 Å². The maximum atomic E-state index is 13.2. The Morgan fingerprint density at radius 3 is 2.00 bits per heavy atom. The van der Waals surface area contributed by atoms with Gasteiger partial charge in [0.05, 0.1) is 28.4 Å². The zero-order valence-corrected chi connectivity index (χ0v) is 23.0. The summed E-state index contributed by atoms with van der Waals surface area (Å²) in [5.41, 5.74) is 1.56. The number of carbonyl (C=O) groups excluding carboxylic acids is 2. The lowest BCUT2D eigenvalue weighted by atomic mass is 10.1. The number of hydrogen-bond donors (Lipinski definition) is 3. The first kappa shape index (κ1) is 33.2. The number of hydrogen-bond acceptors (Lipinski definition) is 5. The highest BCUT2D eigenvalue weighted by Gasteiger charge is 2.34. The number of aromatic amines is 1. The van der Waals surface area contributed by atoms with E-state index in [0.29, 0.717) is 11.8 Å². The number of pyridine rings is 1. The van der Waals surface area contributed by atoms with Crippen molar-refractivity contribution in [2.45, 2.75) is 32.3 Å². The van der Waals surface area contributed by atoms with Crippen LogP contribution in [0.3, 0.4) is 0 Å². The van der Waals surface area contributed by atoms with Crippen LogP contribution in [-0.2, 0) is 12.4 Å². The third-order valence-electron chi connectivity index (χ3n) is 5.51. The van der Waals surface area contributed by atoms with Crippen LogP contribution in [-0.4, -0.2) is 22.9 Å². The number of H-pyrrole nitrogens is 1. The number of aromatic nitrogens is 1. The number of carbonyl (C=O) groups is 2. The molecule has 44 heavy (non-hydrogen) atoms. The monoisotopic (exact) mass is 621 g/mol. The highest BCUT2D eigenvalue weighted by Crippen LogP contribution is 2.37. The highest BCUT2D eigenvalue weighted by atomic mass is 19.4. The summed E-state index contributed by atoms with van der Waals surface area (Å²) in [6.07, 6.45) is -8.06. The van der Waals surface area contributed by atoms with Gasteiger partial charge in [-0.25, -0.2) is 0 Å². The molecule has 1 aromatic heterocycles. The number of para-hydroxylation sites is 2. The minimum absolute atomic E-state index is 0.102. The van der Waals surface area contributed by atoms with Gasteiger partial charge >= 0.3 is 12.4 Å². The number of amides is 2. The zero-order valence-electron chi connectivity index (χ0n) is 23.0. The van der Waals surface area contributed by atoms with E-state index in [-0.39, 0.29) is 28.9 Å². The molecule has 232 valence electrons. The lowest BCUT2D eigenvalue weighted by Crippen LogP contribution is -2.18. The number of primary amides is 1. The largest absolute Gasteiger partial charge is 0.487 e. The molecule has 8 nitrogen and oxygen atoms in total. The van der Waals surface area contributed by atoms with Gasteiger partial charge in [0, 0.05) is 18.0 Å². The fourth-order valence-corrected chi connectivity index (χ4v) is 3.64. The molecule has 0 radical (unpaired) electrons. The average Bonchev–Trinajstić information content (AvgIpc) is 2.93. The SMILES string of the molecule is CC(C)Oc1ccccc1Oc1ccc(C(F)(F)F)cc1C(=O)Nc1cc[nH]c(=O)c1.NC(=O)c1ccccc1C(F)(F)F. The Hall–Kier alpha value is -5.27. The van der Waals surface area contributed by atoms with Gasteiger partial charge in [-0.3, -0.25) is 14.4 Å².